The van der Waals surface area contributed by atoms with E-state index in [1.165, 1.54) is 0 Å². The van der Waals surface area contributed by atoms with E-state index >= 15 is 0 Å². The SMILES string of the molecule is [CH2]Cc1c(Cl)c(Cl)c(Cl)c(Cl)c1Cl. The molecule has 1 radical (unpaired) electrons. The van der Waals surface area contributed by atoms with E-state index in [2.05, 4.69) is 6.92 Å². The van der Waals surface area contributed by atoms with E-state index in [1.807, 2.05) is 0 Å². The highest BCUT2D eigenvalue weighted by molar-refractivity contribution is 6.55. The summed E-state index contributed by atoms with van der Waals surface area (Å²) in [6.07, 6.45) is 0.411. The zero-order valence-electron chi connectivity index (χ0n) is 6.30. The van der Waals surface area contributed by atoms with E-state index in [9.17, 15) is 0 Å². The molecule has 0 saturated heterocycles. The number of benzene rings is 1. The Morgan fingerprint density at radius 2 is 1.00 bits per heavy atom. The van der Waals surface area contributed by atoms with Crippen molar-refractivity contribution in [1.82, 2.24) is 0 Å². The Balaban J connectivity index is 3.56. The normalized spacial score (nSPS) is 10.6. The molecular formula is C8H4Cl5. The van der Waals surface area contributed by atoms with Crippen LogP contribution in [0.15, 0.2) is 0 Å². The summed E-state index contributed by atoms with van der Waals surface area (Å²) < 4.78 is 0. The minimum absolute atomic E-state index is 0.176. The zero-order valence-corrected chi connectivity index (χ0v) is 10.1. The number of rotatable bonds is 1. The molecule has 1 rings (SSSR count). The molecular weight excluding hydrogens is 273 g/mol. The summed E-state index contributed by atoms with van der Waals surface area (Å²) in [7, 11) is 0. The van der Waals surface area contributed by atoms with E-state index in [1.54, 1.807) is 0 Å². The van der Waals surface area contributed by atoms with Crippen LogP contribution in [0.2, 0.25) is 25.1 Å². The third-order valence-corrected chi connectivity index (χ3v) is 3.91. The lowest BCUT2D eigenvalue weighted by atomic mass is 10.2. The molecule has 0 aliphatic rings. The minimum Gasteiger partial charge on any atom is -0.0823 e. The van der Waals surface area contributed by atoms with Crippen molar-refractivity contribution in [2.75, 3.05) is 0 Å². The van der Waals surface area contributed by atoms with Crippen molar-refractivity contribution in [2.45, 2.75) is 6.42 Å². The summed E-state index contributed by atoms with van der Waals surface area (Å²) in [5.74, 6) is 0. The number of halogens is 5. The quantitative estimate of drug-likeness (QED) is 0.481. The summed E-state index contributed by atoms with van der Waals surface area (Å²) in [4.78, 5) is 0. The van der Waals surface area contributed by atoms with Gasteiger partial charge in [-0.05, 0) is 18.9 Å². The Morgan fingerprint density at radius 1 is 0.692 bits per heavy atom. The maximum atomic E-state index is 5.88. The molecule has 0 aromatic heterocycles. The first kappa shape index (κ1) is 11.7. The lowest BCUT2D eigenvalue weighted by Crippen LogP contribution is -1.88. The first-order chi connectivity index (χ1) is 6.00. The van der Waals surface area contributed by atoms with Gasteiger partial charge < -0.3 is 0 Å². The molecule has 0 saturated carbocycles. The molecule has 0 bridgehead atoms. The van der Waals surface area contributed by atoms with Crippen LogP contribution in [-0.2, 0) is 6.42 Å². The molecule has 0 unspecified atom stereocenters. The molecule has 0 aliphatic heterocycles. The Labute approximate surface area is 102 Å². The van der Waals surface area contributed by atoms with Crippen LogP contribution in [0.1, 0.15) is 5.56 Å². The van der Waals surface area contributed by atoms with E-state index < -0.39 is 0 Å². The van der Waals surface area contributed by atoms with Gasteiger partial charge in [-0.3, -0.25) is 0 Å². The van der Waals surface area contributed by atoms with Gasteiger partial charge in [-0.2, -0.15) is 0 Å². The summed E-state index contributed by atoms with van der Waals surface area (Å²) in [5, 5.41) is 1.25. The molecule has 0 nitrogen and oxygen atoms in total. The van der Waals surface area contributed by atoms with Crippen molar-refractivity contribution < 1.29 is 0 Å². The van der Waals surface area contributed by atoms with Crippen molar-refractivity contribution >= 4 is 58.0 Å². The fourth-order valence-corrected chi connectivity index (χ4v) is 2.24. The molecule has 0 spiro atoms. The number of hydrogen-bond acceptors (Lipinski definition) is 0. The number of hydrogen-bond donors (Lipinski definition) is 0. The van der Waals surface area contributed by atoms with Gasteiger partial charge in [0, 0.05) is 0 Å². The maximum Gasteiger partial charge on any atom is 0.0809 e. The summed E-state index contributed by atoms with van der Waals surface area (Å²) in [6.45, 7) is 3.66. The van der Waals surface area contributed by atoms with E-state index in [-0.39, 0.29) is 15.1 Å². The average Bonchev–Trinajstić information content (AvgIpc) is 2.13. The lowest BCUT2D eigenvalue weighted by Gasteiger charge is -2.10. The molecule has 0 N–H and O–H groups in total. The fraction of sp³-hybridized carbons (Fsp3) is 0.125. The molecule has 1 aromatic rings. The van der Waals surface area contributed by atoms with Gasteiger partial charge in [-0.25, -0.2) is 0 Å². The van der Waals surface area contributed by atoms with Crippen LogP contribution in [0.25, 0.3) is 0 Å². The molecule has 1 aromatic carbocycles. The average molecular weight is 277 g/mol. The monoisotopic (exact) mass is 275 g/mol. The van der Waals surface area contributed by atoms with Crippen LogP contribution >= 0.6 is 58.0 Å². The smallest absolute Gasteiger partial charge is 0.0809 e. The Hall–Kier alpha value is 0.670. The molecule has 0 amide bonds. The van der Waals surface area contributed by atoms with Gasteiger partial charge in [0.05, 0.1) is 25.1 Å². The summed E-state index contributed by atoms with van der Waals surface area (Å²) >= 11 is 29.1. The zero-order chi connectivity index (χ0) is 10.2. The molecule has 5 heteroatoms. The highest BCUT2D eigenvalue weighted by Gasteiger charge is 2.17. The van der Waals surface area contributed by atoms with Gasteiger partial charge in [0.2, 0.25) is 0 Å². The second-order valence-corrected chi connectivity index (χ2v) is 4.19. The van der Waals surface area contributed by atoms with E-state index in [0.29, 0.717) is 22.0 Å². The first-order valence-electron chi connectivity index (χ1n) is 3.30. The molecule has 0 fully saturated rings. The van der Waals surface area contributed by atoms with Gasteiger partial charge in [0.25, 0.3) is 0 Å². The predicted molar refractivity (Wildman–Crippen MR) is 60.6 cm³/mol. The summed E-state index contributed by atoms with van der Waals surface area (Å²) in [6, 6.07) is 0. The first-order valence-corrected chi connectivity index (χ1v) is 5.19. The van der Waals surface area contributed by atoms with Gasteiger partial charge in [0.1, 0.15) is 0 Å². The fourth-order valence-electron chi connectivity index (χ4n) is 0.870. The summed E-state index contributed by atoms with van der Waals surface area (Å²) in [5.41, 5.74) is 0.614. The highest BCUT2D eigenvalue weighted by atomic mass is 35.5. The van der Waals surface area contributed by atoms with Crippen LogP contribution in [0.4, 0.5) is 0 Å². The topological polar surface area (TPSA) is 0 Å². The van der Waals surface area contributed by atoms with Crippen LogP contribution in [-0.4, -0.2) is 0 Å². The van der Waals surface area contributed by atoms with Crippen LogP contribution in [0, 0.1) is 6.92 Å². The molecule has 0 aliphatic carbocycles. The Morgan fingerprint density at radius 3 is 1.31 bits per heavy atom. The van der Waals surface area contributed by atoms with Crippen molar-refractivity contribution in [2.24, 2.45) is 0 Å². The third kappa shape index (κ3) is 2.03. The largest absolute Gasteiger partial charge is 0.0823 e. The van der Waals surface area contributed by atoms with Gasteiger partial charge >= 0.3 is 0 Å². The lowest BCUT2D eigenvalue weighted by molar-refractivity contribution is 1.27. The second-order valence-electron chi connectivity index (χ2n) is 2.30. The molecule has 0 atom stereocenters. The van der Waals surface area contributed by atoms with E-state index in [0.717, 1.165) is 0 Å². The van der Waals surface area contributed by atoms with Crippen LogP contribution in [0.3, 0.4) is 0 Å². The highest BCUT2D eigenvalue weighted by Crippen LogP contribution is 2.43. The maximum absolute atomic E-state index is 5.88. The Kier molecular flexibility index (Phi) is 4.03. The Bertz CT molecular complexity index is 316. The minimum atomic E-state index is 0.176. The van der Waals surface area contributed by atoms with Crippen molar-refractivity contribution in [3.63, 3.8) is 0 Å². The van der Waals surface area contributed by atoms with Crippen molar-refractivity contribution in [1.29, 1.82) is 0 Å². The van der Waals surface area contributed by atoms with Gasteiger partial charge in [-0.1, -0.05) is 58.0 Å². The van der Waals surface area contributed by atoms with Crippen LogP contribution in [0.5, 0.6) is 0 Å². The van der Waals surface area contributed by atoms with Crippen LogP contribution < -0.4 is 0 Å². The molecule has 71 valence electrons. The van der Waals surface area contributed by atoms with Crippen molar-refractivity contribution in [3.8, 4) is 0 Å². The molecule has 0 heterocycles. The third-order valence-electron chi connectivity index (χ3n) is 1.55. The van der Waals surface area contributed by atoms with E-state index in [4.69, 9.17) is 58.0 Å². The van der Waals surface area contributed by atoms with Crippen molar-refractivity contribution in [3.05, 3.63) is 37.6 Å². The standard InChI is InChI=1S/C8H4Cl5/c1-2-3-4(9)6(11)8(13)7(12)5(3)10/h1-2H2. The van der Waals surface area contributed by atoms with Gasteiger partial charge in [-0.15, -0.1) is 0 Å². The second kappa shape index (κ2) is 4.46. The predicted octanol–water partition coefficient (Wildman–Crippen LogP) is 5.33. The van der Waals surface area contributed by atoms with Gasteiger partial charge in [0.15, 0.2) is 0 Å². The molecule has 13 heavy (non-hydrogen) atoms.